The van der Waals surface area contributed by atoms with Gasteiger partial charge in [0.15, 0.2) is 0 Å². The molecule has 0 nitrogen and oxygen atoms in total. The van der Waals surface area contributed by atoms with Crippen LogP contribution in [0.1, 0.15) is 13.8 Å². The number of allylic oxidation sites excluding steroid dienone is 4. The molecule has 0 aliphatic heterocycles. The van der Waals surface area contributed by atoms with E-state index in [0.717, 1.165) is 0 Å². The van der Waals surface area contributed by atoms with Crippen molar-refractivity contribution >= 4 is 0 Å². The third-order valence-corrected chi connectivity index (χ3v) is 0.616. The second-order valence-electron chi connectivity index (χ2n) is 1.95. The van der Waals surface area contributed by atoms with Crippen molar-refractivity contribution in [3.05, 3.63) is 24.3 Å². The van der Waals surface area contributed by atoms with E-state index in [4.69, 9.17) is 0 Å². The van der Waals surface area contributed by atoms with Crippen LogP contribution in [0.25, 0.3) is 0 Å². The molecule has 0 spiro atoms. The average molecular weight is 396 g/mol. The Morgan fingerprint density at radius 2 is 0.875 bits per heavy atom. The summed E-state index contributed by atoms with van der Waals surface area (Å²) in [6.45, 7) is 2.40. The van der Waals surface area contributed by atoms with Gasteiger partial charge in [-0.05, 0) is 0 Å². The molecular weight excluding hydrogens is 388 g/mol. The molecule has 0 amide bonds. The maximum atomic E-state index is 10.9. The van der Waals surface area contributed by atoms with Gasteiger partial charge in [0.2, 0.25) is 0 Å². The minimum absolute atomic E-state index is 0. The van der Waals surface area contributed by atoms with Crippen molar-refractivity contribution in [1.29, 1.82) is 0 Å². The van der Waals surface area contributed by atoms with Crippen molar-refractivity contribution < 1.29 is 91.8 Å². The molecule has 2 radical (unpaired) electrons. The summed E-state index contributed by atoms with van der Waals surface area (Å²) in [5, 5.41) is 0. The summed E-state index contributed by atoms with van der Waals surface area (Å²) in [4.78, 5) is 0. The van der Waals surface area contributed by atoms with Gasteiger partial charge < -0.3 is 12.2 Å². The number of halogens is 6. The maximum Gasteiger partial charge on any atom is 0.378 e. The summed E-state index contributed by atoms with van der Waals surface area (Å²) in [5.41, 5.74) is 0. The molecule has 0 aliphatic carbocycles. The summed E-state index contributed by atoms with van der Waals surface area (Å²) < 4.78 is 65.6. The van der Waals surface area contributed by atoms with E-state index in [1.54, 1.807) is 0 Å². The van der Waals surface area contributed by atoms with Gasteiger partial charge in [0.25, 0.3) is 0 Å². The number of hydrogen-bond donors (Lipinski definition) is 0. The molecule has 0 unspecified atom stereocenters. The van der Waals surface area contributed by atoms with Gasteiger partial charge >= 0.3 is 12.4 Å². The average Bonchev–Trinajstić information content (AvgIpc) is 1.81. The molecule has 0 aromatic carbocycles. The maximum absolute atomic E-state index is 10.9. The molecular formula is C8H8F6Y2-2. The Labute approximate surface area is 141 Å². The predicted octanol–water partition coefficient (Wildman–Crippen LogP) is 3.85. The summed E-state index contributed by atoms with van der Waals surface area (Å²) in [6.07, 6.45) is -4.53. The Bertz CT molecular complexity index is 170. The molecule has 0 aliphatic rings. The van der Waals surface area contributed by atoms with Gasteiger partial charge in [-0.15, -0.1) is 0 Å². The normalized spacial score (nSPS) is 11.5. The van der Waals surface area contributed by atoms with Gasteiger partial charge in [-0.2, -0.15) is 52.3 Å². The van der Waals surface area contributed by atoms with Crippen LogP contribution in [0.15, 0.2) is 12.2 Å². The Balaban J connectivity index is -0.0000000800. The Kier molecular flexibility index (Phi) is 20.6. The van der Waals surface area contributed by atoms with Gasteiger partial charge in [0.05, 0.1) is 0 Å². The molecule has 0 aromatic heterocycles. The van der Waals surface area contributed by atoms with Crippen LogP contribution in [-0.2, 0) is 65.4 Å². The third-order valence-electron chi connectivity index (χ3n) is 0.616. The monoisotopic (exact) mass is 396 g/mol. The standard InChI is InChI=1S/2C4H4F3.2Y/c2*1-2-3-4(5,6)7;;/h2*3H,1H3;;/q2*-1;;. The summed E-state index contributed by atoms with van der Waals surface area (Å²) >= 11 is 0. The van der Waals surface area contributed by atoms with Crippen LogP contribution in [0.5, 0.6) is 0 Å². The van der Waals surface area contributed by atoms with E-state index in [9.17, 15) is 26.3 Å². The number of rotatable bonds is 0. The van der Waals surface area contributed by atoms with Gasteiger partial charge in [0, 0.05) is 65.4 Å². The predicted molar refractivity (Wildman–Crippen MR) is 39.1 cm³/mol. The van der Waals surface area contributed by atoms with Crippen LogP contribution in [0.3, 0.4) is 0 Å². The largest absolute Gasteiger partial charge is 0.495 e. The van der Waals surface area contributed by atoms with E-state index in [-0.39, 0.29) is 77.6 Å². The third kappa shape index (κ3) is 36.2. The van der Waals surface area contributed by atoms with Crippen molar-refractivity contribution in [2.45, 2.75) is 26.2 Å². The first-order chi connectivity index (χ1) is 6.12. The minimum atomic E-state index is -4.19. The zero-order chi connectivity index (χ0) is 11.8. The fourth-order valence-electron chi connectivity index (χ4n) is 0.327. The van der Waals surface area contributed by atoms with Crippen LogP contribution in [-0.4, -0.2) is 12.4 Å². The summed E-state index contributed by atoms with van der Waals surface area (Å²) in [7, 11) is 0. The van der Waals surface area contributed by atoms with Crippen LogP contribution < -0.4 is 0 Å². The van der Waals surface area contributed by atoms with Crippen molar-refractivity contribution in [1.82, 2.24) is 0 Å². The van der Waals surface area contributed by atoms with Crippen LogP contribution in [0.2, 0.25) is 0 Å². The minimum Gasteiger partial charge on any atom is -0.495 e. The molecule has 0 bridgehead atoms. The Hall–Kier alpha value is 1.27. The first kappa shape index (κ1) is 26.0. The van der Waals surface area contributed by atoms with E-state index in [1.165, 1.54) is 13.8 Å². The van der Waals surface area contributed by atoms with E-state index in [2.05, 4.69) is 0 Å². The topological polar surface area (TPSA) is 0 Å². The van der Waals surface area contributed by atoms with Gasteiger partial charge in [-0.1, -0.05) is 0 Å². The zero-order valence-corrected chi connectivity index (χ0v) is 14.3. The molecule has 0 saturated heterocycles. The summed E-state index contributed by atoms with van der Waals surface area (Å²) in [6, 6.07) is 0. The van der Waals surface area contributed by atoms with Crippen LogP contribution >= 0.6 is 0 Å². The molecule has 0 rings (SSSR count). The number of hydrogen-bond acceptors (Lipinski definition) is 0. The van der Waals surface area contributed by atoms with Crippen LogP contribution in [0.4, 0.5) is 26.3 Å². The zero-order valence-electron chi connectivity index (χ0n) is 8.58. The molecule has 16 heavy (non-hydrogen) atoms. The SMILES string of the molecule is C[C-]=CC(F)(F)F.C[C-]=CC(F)(F)F.[Y].[Y]. The van der Waals surface area contributed by atoms with E-state index in [1.807, 2.05) is 12.2 Å². The quantitative estimate of drug-likeness (QED) is 0.431. The van der Waals surface area contributed by atoms with E-state index < -0.39 is 12.4 Å². The molecule has 0 aromatic rings. The fourth-order valence-corrected chi connectivity index (χ4v) is 0.327. The smallest absolute Gasteiger partial charge is 0.378 e. The molecule has 0 saturated carbocycles. The first-order valence-corrected chi connectivity index (χ1v) is 3.29. The summed E-state index contributed by atoms with van der Waals surface area (Å²) in [5.74, 6) is 0. The van der Waals surface area contributed by atoms with Crippen molar-refractivity contribution in [3.8, 4) is 0 Å². The second kappa shape index (κ2) is 12.7. The van der Waals surface area contributed by atoms with Crippen molar-refractivity contribution in [2.24, 2.45) is 0 Å². The Morgan fingerprint density at radius 3 is 0.875 bits per heavy atom. The van der Waals surface area contributed by atoms with Gasteiger partial charge in [-0.3, -0.25) is 0 Å². The number of alkyl halides is 6. The molecule has 0 fully saturated rings. The Morgan fingerprint density at radius 1 is 0.688 bits per heavy atom. The van der Waals surface area contributed by atoms with Crippen molar-refractivity contribution in [2.75, 3.05) is 0 Å². The molecule has 90 valence electrons. The van der Waals surface area contributed by atoms with E-state index in [0.29, 0.717) is 0 Å². The fraction of sp³-hybridized carbons (Fsp3) is 0.500. The van der Waals surface area contributed by atoms with Crippen LogP contribution in [0, 0.1) is 12.2 Å². The van der Waals surface area contributed by atoms with E-state index >= 15 is 0 Å². The molecule has 0 heterocycles. The van der Waals surface area contributed by atoms with Gasteiger partial charge in [-0.25, -0.2) is 0 Å². The first-order valence-electron chi connectivity index (χ1n) is 3.29. The molecule has 0 N–H and O–H groups in total. The molecule has 0 atom stereocenters. The van der Waals surface area contributed by atoms with Gasteiger partial charge in [0.1, 0.15) is 0 Å². The second-order valence-corrected chi connectivity index (χ2v) is 1.95. The molecule has 8 heteroatoms. The van der Waals surface area contributed by atoms with Crippen molar-refractivity contribution in [3.63, 3.8) is 0 Å².